The molecule has 1 aromatic heterocycles. The zero-order chi connectivity index (χ0) is 14.6. The first-order valence-electron chi connectivity index (χ1n) is 6.71. The quantitative estimate of drug-likeness (QED) is 0.920. The van der Waals surface area contributed by atoms with Gasteiger partial charge in [-0.15, -0.1) is 11.3 Å². The van der Waals surface area contributed by atoms with Crippen molar-refractivity contribution in [2.45, 2.75) is 33.6 Å². The smallest absolute Gasteiger partial charge is 0.226 e. The molecule has 1 amide bonds. The molecular formula is C16H20N2OS. The van der Waals surface area contributed by atoms with Crippen molar-refractivity contribution >= 4 is 22.4 Å². The van der Waals surface area contributed by atoms with Crippen LogP contribution < -0.4 is 5.32 Å². The summed E-state index contributed by atoms with van der Waals surface area (Å²) in [6, 6.07) is 10.3. The molecule has 20 heavy (non-hydrogen) atoms. The highest BCUT2D eigenvalue weighted by molar-refractivity contribution is 7.15. The van der Waals surface area contributed by atoms with E-state index in [2.05, 4.69) is 43.2 Å². The van der Waals surface area contributed by atoms with Crippen LogP contribution in [0.5, 0.6) is 0 Å². The van der Waals surface area contributed by atoms with Gasteiger partial charge in [-0.2, -0.15) is 0 Å². The maximum absolute atomic E-state index is 11.9. The van der Waals surface area contributed by atoms with Gasteiger partial charge in [0.2, 0.25) is 5.91 Å². The minimum Gasteiger partial charge on any atom is -0.302 e. The summed E-state index contributed by atoms with van der Waals surface area (Å²) in [5.41, 5.74) is 1.25. The average molecular weight is 288 g/mol. The minimum absolute atomic E-state index is 0.00574. The molecule has 0 atom stereocenters. The fraction of sp³-hybridized carbons (Fsp3) is 0.375. The van der Waals surface area contributed by atoms with Crippen molar-refractivity contribution in [1.29, 1.82) is 0 Å². The Morgan fingerprint density at radius 3 is 2.60 bits per heavy atom. The van der Waals surface area contributed by atoms with Crippen molar-refractivity contribution in [3.05, 3.63) is 47.0 Å². The lowest BCUT2D eigenvalue weighted by atomic mass is 9.92. The van der Waals surface area contributed by atoms with Gasteiger partial charge in [0, 0.05) is 23.9 Å². The monoisotopic (exact) mass is 288 g/mol. The maximum Gasteiger partial charge on any atom is 0.226 e. The number of carbonyl (C=O) groups is 1. The largest absolute Gasteiger partial charge is 0.302 e. The van der Waals surface area contributed by atoms with Gasteiger partial charge in [0.15, 0.2) is 5.13 Å². The van der Waals surface area contributed by atoms with Gasteiger partial charge in [0.25, 0.3) is 0 Å². The summed E-state index contributed by atoms with van der Waals surface area (Å²) >= 11 is 1.54. The summed E-state index contributed by atoms with van der Waals surface area (Å²) in [6.07, 6.45) is 3.19. The summed E-state index contributed by atoms with van der Waals surface area (Å²) in [5.74, 6) is 0.0260. The van der Waals surface area contributed by atoms with Crippen molar-refractivity contribution in [3.63, 3.8) is 0 Å². The van der Waals surface area contributed by atoms with Gasteiger partial charge in [0.05, 0.1) is 0 Å². The van der Waals surface area contributed by atoms with Gasteiger partial charge in [-0.25, -0.2) is 4.98 Å². The Labute approximate surface area is 124 Å². The maximum atomic E-state index is 11.9. The number of thiazole rings is 1. The van der Waals surface area contributed by atoms with Crippen molar-refractivity contribution in [3.8, 4) is 0 Å². The molecule has 0 spiro atoms. The number of rotatable bonds is 4. The van der Waals surface area contributed by atoms with E-state index in [1.54, 1.807) is 0 Å². The SMILES string of the molecule is CC(C)(C)CC(=O)Nc1ncc(Cc2ccccc2)s1. The van der Waals surface area contributed by atoms with Crippen molar-refractivity contribution in [1.82, 2.24) is 4.98 Å². The minimum atomic E-state index is -0.00574. The van der Waals surface area contributed by atoms with Crippen LogP contribution >= 0.6 is 11.3 Å². The molecule has 3 nitrogen and oxygen atoms in total. The van der Waals surface area contributed by atoms with Crippen LogP contribution in [0.15, 0.2) is 36.5 Å². The van der Waals surface area contributed by atoms with Gasteiger partial charge >= 0.3 is 0 Å². The molecule has 0 aliphatic rings. The number of nitrogens with one attached hydrogen (secondary N) is 1. The van der Waals surface area contributed by atoms with Gasteiger partial charge < -0.3 is 5.32 Å². The summed E-state index contributed by atoms with van der Waals surface area (Å²) in [6.45, 7) is 6.15. The van der Waals surface area contributed by atoms with E-state index >= 15 is 0 Å². The second kappa shape index (κ2) is 6.18. The predicted octanol–water partition coefficient (Wildman–Crippen LogP) is 4.11. The lowest BCUT2D eigenvalue weighted by Crippen LogP contribution is -2.19. The third kappa shape index (κ3) is 4.78. The van der Waals surface area contributed by atoms with Crippen LogP contribution in [0.3, 0.4) is 0 Å². The van der Waals surface area contributed by atoms with E-state index in [4.69, 9.17) is 0 Å². The van der Waals surface area contributed by atoms with Gasteiger partial charge in [-0.1, -0.05) is 51.1 Å². The number of aromatic nitrogens is 1. The molecule has 1 N–H and O–H groups in total. The van der Waals surface area contributed by atoms with Crippen LogP contribution in [0, 0.1) is 5.41 Å². The van der Waals surface area contributed by atoms with Gasteiger partial charge in [-0.3, -0.25) is 4.79 Å². The molecule has 0 unspecified atom stereocenters. The number of benzene rings is 1. The van der Waals surface area contributed by atoms with Crippen molar-refractivity contribution < 1.29 is 4.79 Å². The Balaban J connectivity index is 1.94. The molecule has 0 aliphatic carbocycles. The first kappa shape index (κ1) is 14.7. The normalized spacial score (nSPS) is 11.3. The van der Waals surface area contributed by atoms with Crippen LogP contribution in [0.2, 0.25) is 0 Å². The van der Waals surface area contributed by atoms with Gasteiger partial charge in [0.1, 0.15) is 0 Å². The fourth-order valence-corrected chi connectivity index (χ4v) is 2.75. The molecule has 0 fully saturated rings. The molecule has 1 heterocycles. The topological polar surface area (TPSA) is 42.0 Å². The zero-order valence-electron chi connectivity index (χ0n) is 12.1. The Morgan fingerprint density at radius 2 is 1.95 bits per heavy atom. The number of anilines is 1. The van der Waals surface area contributed by atoms with Crippen molar-refractivity contribution in [2.24, 2.45) is 5.41 Å². The van der Waals surface area contributed by atoms with E-state index < -0.39 is 0 Å². The zero-order valence-corrected chi connectivity index (χ0v) is 13.0. The predicted molar refractivity (Wildman–Crippen MR) is 84.1 cm³/mol. The second-order valence-electron chi connectivity index (χ2n) is 6.08. The molecule has 0 radical (unpaired) electrons. The molecule has 2 aromatic rings. The summed E-state index contributed by atoms with van der Waals surface area (Å²) in [4.78, 5) is 17.3. The number of carbonyl (C=O) groups excluding carboxylic acids is 1. The van der Waals surface area contributed by atoms with Crippen LogP contribution in [0.1, 0.15) is 37.6 Å². The lowest BCUT2D eigenvalue weighted by Gasteiger charge is -2.16. The molecule has 0 saturated carbocycles. The first-order valence-corrected chi connectivity index (χ1v) is 7.52. The highest BCUT2D eigenvalue weighted by Crippen LogP contribution is 2.23. The van der Waals surface area contributed by atoms with E-state index in [0.717, 1.165) is 11.3 Å². The number of hydrogen-bond acceptors (Lipinski definition) is 3. The third-order valence-corrected chi connectivity index (χ3v) is 3.62. The molecule has 1 aromatic carbocycles. The fourth-order valence-electron chi connectivity index (χ4n) is 1.89. The van der Waals surface area contributed by atoms with Gasteiger partial charge in [-0.05, 0) is 11.0 Å². The van der Waals surface area contributed by atoms with Crippen LogP contribution in [0.25, 0.3) is 0 Å². The Hall–Kier alpha value is -1.68. The van der Waals surface area contributed by atoms with Crippen LogP contribution in [-0.2, 0) is 11.2 Å². The molecule has 106 valence electrons. The van der Waals surface area contributed by atoms with Crippen LogP contribution in [-0.4, -0.2) is 10.9 Å². The highest BCUT2D eigenvalue weighted by atomic mass is 32.1. The van der Waals surface area contributed by atoms with E-state index in [1.807, 2.05) is 24.4 Å². The Morgan fingerprint density at radius 1 is 1.25 bits per heavy atom. The first-order chi connectivity index (χ1) is 9.42. The molecule has 0 bridgehead atoms. The molecule has 0 aliphatic heterocycles. The highest BCUT2D eigenvalue weighted by Gasteiger charge is 2.16. The van der Waals surface area contributed by atoms with E-state index in [9.17, 15) is 4.79 Å². The third-order valence-electron chi connectivity index (χ3n) is 2.71. The molecule has 4 heteroatoms. The molecule has 2 rings (SSSR count). The summed E-state index contributed by atoms with van der Waals surface area (Å²) in [5, 5.41) is 3.56. The average Bonchev–Trinajstić information content (AvgIpc) is 2.75. The van der Waals surface area contributed by atoms with E-state index in [-0.39, 0.29) is 11.3 Å². The number of amides is 1. The molecule has 0 saturated heterocycles. The number of hydrogen-bond donors (Lipinski definition) is 1. The van der Waals surface area contributed by atoms with Crippen LogP contribution in [0.4, 0.5) is 5.13 Å². The van der Waals surface area contributed by atoms with E-state index in [1.165, 1.54) is 16.9 Å². The Bertz CT molecular complexity index is 570. The lowest BCUT2D eigenvalue weighted by molar-refractivity contribution is -0.117. The molecular weight excluding hydrogens is 268 g/mol. The van der Waals surface area contributed by atoms with Crippen molar-refractivity contribution in [2.75, 3.05) is 5.32 Å². The summed E-state index contributed by atoms with van der Waals surface area (Å²) in [7, 11) is 0. The summed E-state index contributed by atoms with van der Waals surface area (Å²) < 4.78 is 0. The number of nitrogens with zero attached hydrogens (tertiary/aromatic N) is 1. The van der Waals surface area contributed by atoms with E-state index in [0.29, 0.717) is 11.6 Å². The standard InChI is InChI=1S/C16H20N2OS/c1-16(2,3)10-14(19)18-15-17-11-13(20-15)9-12-7-5-4-6-8-12/h4-8,11H,9-10H2,1-3H3,(H,17,18,19). The Kier molecular flexibility index (Phi) is 4.55. The second-order valence-corrected chi connectivity index (χ2v) is 7.19.